The van der Waals surface area contributed by atoms with E-state index in [9.17, 15) is 78.3 Å². The highest BCUT2D eigenvalue weighted by Gasteiger charge is 2.47. The van der Waals surface area contributed by atoms with Gasteiger partial charge in [0.25, 0.3) is 0 Å². The van der Waals surface area contributed by atoms with Crippen molar-refractivity contribution in [3.05, 3.63) is 101 Å². The molecule has 0 bridgehead atoms. The zero-order valence-corrected chi connectivity index (χ0v) is 74.1. The van der Waals surface area contributed by atoms with Gasteiger partial charge in [0.2, 0.25) is 94.5 Å². The van der Waals surface area contributed by atoms with E-state index in [0.717, 1.165) is 41.0 Å². The van der Waals surface area contributed by atoms with Crippen molar-refractivity contribution >= 4 is 151 Å². The van der Waals surface area contributed by atoms with Gasteiger partial charge in [0.05, 0.1) is 31.4 Å². The number of aromatic amines is 1. The third kappa shape index (κ3) is 27.1. The normalized spacial score (nSPS) is 25.9. The maximum Gasteiger partial charge on any atom is 0.305 e. The van der Waals surface area contributed by atoms with Gasteiger partial charge in [-0.25, -0.2) is 0 Å². The lowest BCUT2D eigenvalue weighted by atomic mass is 9.97. The van der Waals surface area contributed by atoms with Crippen molar-refractivity contribution in [2.24, 2.45) is 11.5 Å². The first-order valence-corrected chi connectivity index (χ1v) is 45.1. The first kappa shape index (κ1) is 100. The average Bonchev–Trinajstić information content (AvgIpc) is 1.64. The Balaban J connectivity index is 1.07. The summed E-state index contributed by atoms with van der Waals surface area (Å²) in [6.07, 6.45) is -1.38. The third-order valence-electron chi connectivity index (χ3n) is 23.3. The zero-order valence-electron chi connectivity index (χ0n) is 72.4. The fourth-order valence-corrected chi connectivity index (χ4v) is 18.1. The predicted molar refractivity (Wildman–Crippen MR) is 470 cm³/mol. The summed E-state index contributed by atoms with van der Waals surface area (Å²) >= 11 is 2.12. The summed E-state index contributed by atoms with van der Waals surface area (Å²) in [5, 5.41) is 81.4. The molecule has 43 heteroatoms. The Morgan fingerprint density at radius 1 is 0.543 bits per heavy atom. The summed E-state index contributed by atoms with van der Waals surface area (Å²) in [7, 11) is 2.69. The minimum absolute atomic E-state index is 0.00731. The highest BCUT2D eigenvalue weighted by molar-refractivity contribution is 8.00. The van der Waals surface area contributed by atoms with Crippen LogP contribution in [0.5, 0.6) is 5.75 Å². The number of amides is 16. The molecule has 2 aromatic heterocycles. The number of carbonyl (C=O) groups excluding carboxylic acids is 16. The zero-order chi connectivity index (χ0) is 94.0. The molecule has 0 saturated carbocycles. The number of unbranched alkanes of at least 4 members (excludes halogenated alkanes) is 2. The van der Waals surface area contributed by atoms with Gasteiger partial charge in [0.1, 0.15) is 90.3 Å². The lowest BCUT2D eigenvalue weighted by Crippen LogP contribution is -2.62. The van der Waals surface area contributed by atoms with Crippen LogP contribution in [0.25, 0.3) is 21.0 Å². The minimum atomic E-state index is -1.91. The van der Waals surface area contributed by atoms with E-state index >= 15 is 33.6 Å². The number of benzene rings is 3. The lowest BCUT2D eigenvalue weighted by molar-refractivity contribution is -0.149. The molecule has 0 radical (unpaired) electrons. The number of phenols is 1. The van der Waals surface area contributed by atoms with Gasteiger partial charge in [0.15, 0.2) is 0 Å². The third-order valence-corrected chi connectivity index (χ3v) is 25.3. The molecule has 5 aromatic rings. The lowest BCUT2D eigenvalue weighted by Gasteiger charge is -2.38. The molecule has 4 aliphatic rings. The quantitative estimate of drug-likeness (QED) is 0.0341. The molecule has 4 aliphatic heterocycles. The van der Waals surface area contributed by atoms with Crippen LogP contribution in [-0.4, -0.2) is 317 Å². The highest BCUT2D eigenvalue weighted by Crippen LogP contribution is 2.30. The number of carbonyl (C=O) groups is 18. The number of nitrogens with two attached hydrogens (primary N) is 2. The number of aliphatic hydroxyl groups excluding tert-OH is 2. The van der Waals surface area contributed by atoms with Crippen LogP contribution >= 0.6 is 23.1 Å². The van der Waals surface area contributed by atoms with Crippen LogP contribution in [0.15, 0.2) is 84.4 Å². The number of aromatic nitrogens is 1. The minimum Gasteiger partial charge on any atom is -0.508 e. The number of likely N-dealkylation sites (N-methyl/N-ethyl adjacent to an activating group) is 2. The molecule has 0 spiro atoms. The second-order valence-corrected chi connectivity index (χ2v) is 34.6. The molecule has 129 heavy (non-hydrogen) atoms. The molecule has 0 aliphatic carbocycles. The van der Waals surface area contributed by atoms with E-state index in [4.69, 9.17) is 11.5 Å². The fourth-order valence-electron chi connectivity index (χ4n) is 16.3. The number of rotatable bonds is 22. The van der Waals surface area contributed by atoms with Crippen molar-refractivity contribution in [2.45, 2.75) is 227 Å². The number of hydrogen-bond acceptors (Lipinski definition) is 24. The van der Waals surface area contributed by atoms with Crippen molar-refractivity contribution in [3.8, 4) is 5.75 Å². The molecule has 700 valence electrons. The SMILES string of the molecule is CCCC[C@H]1C(=O)N(C)[C@@H](CCCC)C(=O)N[C@@H](C)C(=O)N[C@H](C(=O)NCC(N)=O)CSCC(=O)N[C@H](Cc2ccc(O)cc2)C(=O)N2CCCC[C@H]2C(=O)N[C@@H](CC(=O)O)C(=O)N2CCC[C@H]2C(=O)N[C@@H](CN)C(=O)N[C@@H](CCC(=O)O)C(=O)N2C[C@H](O)C[C@H]2C(=O)N[C@@H](Cc2c[nH]c3ccccc23)C(=O)N[C@@H](CO)C(=O)N[C@@H](Cc2csc3ccccc23)C(=O)N1C. The van der Waals surface area contributed by atoms with Crippen molar-refractivity contribution in [1.82, 2.24) is 82.7 Å². The standard InChI is InChI=1S/C86H116N18O23S2/c1-6-8-20-63-78(119)91-46(3)73(114)99-62(74(115)90-40-69(88)108)44-128-45-70(109)92-57(33-47-25-27-50(106)28-26-47)84(125)102-31-15-14-22-64(102)79(120)96-59(37-72(112)113)85(126)103-32-16-23-65(103)80(121)97-60(38-87)76(117)93-55(29-30-71(110)111)83(124)104-41-51(107)36-67(104)81(122)94-56(34-48-39-89-54-19-12-10-17-52(48)54)75(116)98-61(42-105)77(118)95-58(35-49-43-129-68-24-13-11-18-53(49)68)82(123)101(5)66(21-9-7-2)86(127)100(63)4/h10-13,17-19,24-28,39,43,46,51,55-67,89,105-107H,6-9,14-16,20-23,29-38,40-42,44-45,87H2,1-5H3,(H2,88,108)(H,90,115)(H,91,119)(H,92,109)(H,93,117)(H,94,122)(H,95,118)(H,96,120)(H,97,121)(H,98,116)(H,99,114)(H,110,111)(H,112,113)/t46-,51+,55-,56-,57+,58-,59-,60-,61-,62-,63-,64-,65-,66-,67-/m0/s1. The number of aliphatic carboxylic acids is 2. The van der Waals surface area contributed by atoms with Crippen LogP contribution in [0.4, 0.5) is 0 Å². The Morgan fingerprint density at radius 2 is 1.10 bits per heavy atom. The number of H-pyrrole nitrogens is 1. The van der Waals surface area contributed by atoms with Gasteiger partial charge in [-0.2, -0.15) is 0 Å². The second-order valence-electron chi connectivity index (χ2n) is 32.7. The number of piperidine rings is 1. The number of fused-ring (bicyclic) bond motifs is 5. The van der Waals surface area contributed by atoms with Gasteiger partial charge >= 0.3 is 11.9 Å². The van der Waals surface area contributed by atoms with E-state index in [1.165, 1.54) is 56.6 Å². The molecule has 41 nitrogen and oxygen atoms in total. The van der Waals surface area contributed by atoms with Crippen LogP contribution in [0.2, 0.25) is 0 Å². The Morgan fingerprint density at radius 3 is 1.76 bits per heavy atom. The number of primary amides is 1. The number of aromatic hydroxyl groups is 1. The molecule has 16 amide bonds. The number of para-hydroxylation sites is 1. The van der Waals surface area contributed by atoms with Gasteiger partial charge < -0.3 is 120 Å². The number of thioether (sulfide) groups is 1. The Hall–Kier alpha value is -12.4. The van der Waals surface area contributed by atoms with Gasteiger partial charge in [-0.1, -0.05) is 88.1 Å². The van der Waals surface area contributed by atoms with Crippen molar-refractivity contribution in [2.75, 3.05) is 64.9 Å². The van der Waals surface area contributed by atoms with Crippen LogP contribution in [-0.2, 0) is 106 Å². The largest absolute Gasteiger partial charge is 0.508 e. The van der Waals surface area contributed by atoms with E-state index in [2.05, 4.69) is 58.2 Å². The van der Waals surface area contributed by atoms with Crippen molar-refractivity contribution in [3.63, 3.8) is 0 Å². The molecule has 0 unspecified atom stereocenters. The van der Waals surface area contributed by atoms with Gasteiger partial charge in [-0.3, -0.25) is 86.3 Å². The monoisotopic (exact) mass is 1830 g/mol. The number of nitrogens with one attached hydrogen (secondary N) is 11. The predicted octanol–water partition coefficient (Wildman–Crippen LogP) is -2.49. The molecule has 3 aromatic carbocycles. The molecule has 6 heterocycles. The van der Waals surface area contributed by atoms with E-state index in [0.29, 0.717) is 71.5 Å². The topological polar surface area (TPSA) is 613 Å². The number of hydrogen-bond donors (Lipinski definition) is 18. The molecule has 15 atom stereocenters. The number of thiophene rings is 1. The van der Waals surface area contributed by atoms with Gasteiger partial charge in [0, 0.05) is 99.9 Å². The smallest absolute Gasteiger partial charge is 0.305 e. The molecular formula is C86H116N18O23S2. The Kier molecular flexibility index (Phi) is 37.1. The van der Waals surface area contributed by atoms with E-state index in [-0.39, 0.29) is 70.2 Å². The summed E-state index contributed by atoms with van der Waals surface area (Å²) < 4.78 is 0.803. The molecule has 9 rings (SSSR count). The maximum absolute atomic E-state index is 15.6. The first-order chi connectivity index (χ1) is 61.5. The van der Waals surface area contributed by atoms with Gasteiger partial charge in [-0.05, 0) is 110 Å². The van der Waals surface area contributed by atoms with Crippen LogP contribution < -0.4 is 64.6 Å². The Bertz CT molecular complexity index is 4920. The number of carboxylic acids is 2. The molecule has 4 fully saturated rings. The average molecular weight is 1830 g/mol. The highest BCUT2D eigenvalue weighted by atomic mass is 32.2. The number of aliphatic hydroxyl groups is 2. The van der Waals surface area contributed by atoms with E-state index in [1.807, 2.05) is 19.9 Å². The van der Waals surface area contributed by atoms with Crippen molar-refractivity contribution in [1.29, 1.82) is 0 Å². The summed E-state index contributed by atoms with van der Waals surface area (Å²) in [4.78, 5) is 267. The maximum atomic E-state index is 15.6. The Labute approximate surface area is 751 Å². The second kappa shape index (κ2) is 47.6. The van der Waals surface area contributed by atoms with Crippen molar-refractivity contribution < 1.29 is 112 Å². The number of phenolic OH excluding ortho intramolecular Hbond substituents is 1. The van der Waals surface area contributed by atoms with Crippen LogP contribution in [0.1, 0.15) is 134 Å². The summed E-state index contributed by atoms with van der Waals surface area (Å²) in [6.45, 7) is 1.54. The first-order valence-electron chi connectivity index (χ1n) is 43.1. The molecular weight excluding hydrogens is 1720 g/mol. The summed E-state index contributed by atoms with van der Waals surface area (Å²) in [5.74, 6) is -19.8. The van der Waals surface area contributed by atoms with E-state index < -0.39 is 261 Å². The fraction of sp³-hybridized carbons (Fsp3) is 0.535. The van der Waals surface area contributed by atoms with Crippen LogP contribution in [0.3, 0.4) is 0 Å². The summed E-state index contributed by atoms with van der Waals surface area (Å²) in [5.41, 5.74) is 13.5. The molecule has 20 N–H and O–H groups in total. The van der Waals surface area contributed by atoms with Gasteiger partial charge in [-0.15, -0.1) is 23.1 Å². The number of nitrogens with zero attached hydrogens (tertiary/aromatic N) is 5. The van der Waals surface area contributed by atoms with Crippen LogP contribution in [0, 0.1) is 0 Å². The number of carboxylic acid groups (broad SMARTS) is 2. The molecule has 4 saturated heterocycles. The summed E-state index contributed by atoms with van der Waals surface area (Å²) in [6, 6.07) is -2.81. The van der Waals surface area contributed by atoms with E-state index in [1.54, 1.807) is 54.0 Å².